The van der Waals surface area contributed by atoms with Crippen LogP contribution in [0.3, 0.4) is 0 Å². The van der Waals surface area contributed by atoms with Crippen molar-refractivity contribution in [2.75, 3.05) is 6.61 Å². The molecule has 1 aromatic carbocycles. The van der Waals surface area contributed by atoms with Crippen LogP contribution in [0.1, 0.15) is 27.2 Å². The van der Waals surface area contributed by atoms with Gasteiger partial charge in [-0.3, -0.25) is 4.79 Å². The van der Waals surface area contributed by atoms with E-state index in [9.17, 15) is 4.79 Å². The van der Waals surface area contributed by atoms with Gasteiger partial charge in [-0.25, -0.2) is 0 Å². The monoisotopic (exact) mass is 333 g/mol. The first kappa shape index (κ1) is 15.3. The van der Waals surface area contributed by atoms with E-state index in [1.165, 1.54) is 0 Å². The van der Waals surface area contributed by atoms with Gasteiger partial charge in [0, 0.05) is 10.0 Å². The number of carbonyl (C=O) groups excluding carboxylic acids is 1. The van der Waals surface area contributed by atoms with E-state index >= 15 is 0 Å². The molecule has 1 rings (SSSR count). The van der Waals surface area contributed by atoms with Crippen LogP contribution in [0.15, 0.2) is 22.7 Å². The highest BCUT2D eigenvalue weighted by Gasteiger charge is 2.18. The van der Waals surface area contributed by atoms with Gasteiger partial charge < -0.3 is 10.1 Å². The Labute approximate surface area is 121 Å². The van der Waals surface area contributed by atoms with Crippen LogP contribution in [0.25, 0.3) is 0 Å². The maximum Gasteiger partial charge on any atom is 0.258 e. The largest absolute Gasteiger partial charge is 0.482 e. The third-order valence-corrected chi connectivity index (χ3v) is 3.42. The summed E-state index contributed by atoms with van der Waals surface area (Å²) in [5.41, 5.74) is -0.221. The highest BCUT2D eigenvalue weighted by atomic mass is 79.9. The number of hydrogen-bond acceptors (Lipinski definition) is 2. The third kappa shape index (κ3) is 4.86. The zero-order valence-corrected chi connectivity index (χ0v) is 13.1. The molecule has 100 valence electrons. The van der Waals surface area contributed by atoms with Crippen LogP contribution in [-0.4, -0.2) is 18.1 Å². The molecule has 5 heteroatoms. The van der Waals surface area contributed by atoms with Crippen molar-refractivity contribution in [1.29, 1.82) is 0 Å². The fourth-order valence-electron chi connectivity index (χ4n) is 1.23. The summed E-state index contributed by atoms with van der Waals surface area (Å²) >= 11 is 9.29. The number of ether oxygens (including phenoxy) is 1. The summed E-state index contributed by atoms with van der Waals surface area (Å²) < 4.78 is 6.25. The van der Waals surface area contributed by atoms with Crippen molar-refractivity contribution in [3.05, 3.63) is 27.7 Å². The van der Waals surface area contributed by atoms with Gasteiger partial charge in [-0.05, 0) is 38.5 Å². The van der Waals surface area contributed by atoms with Crippen molar-refractivity contribution in [2.24, 2.45) is 0 Å². The van der Waals surface area contributed by atoms with Crippen molar-refractivity contribution in [1.82, 2.24) is 5.32 Å². The van der Waals surface area contributed by atoms with Gasteiger partial charge in [-0.15, -0.1) is 0 Å². The fourth-order valence-corrected chi connectivity index (χ4v) is 1.75. The molecule has 0 aromatic heterocycles. The minimum absolute atomic E-state index is 0.0421. The summed E-state index contributed by atoms with van der Waals surface area (Å²) in [5, 5.41) is 3.38. The number of nitrogens with one attached hydrogen (secondary N) is 1. The quantitative estimate of drug-likeness (QED) is 0.890. The van der Waals surface area contributed by atoms with Crippen LogP contribution in [0.2, 0.25) is 5.02 Å². The summed E-state index contributed by atoms with van der Waals surface area (Å²) in [4.78, 5) is 11.7. The molecule has 0 aliphatic heterocycles. The molecule has 0 atom stereocenters. The molecule has 0 spiro atoms. The second-order valence-electron chi connectivity index (χ2n) is 4.65. The molecule has 0 saturated carbocycles. The zero-order chi connectivity index (χ0) is 13.8. The smallest absolute Gasteiger partial charge is 0.258 e. The fraction of sp³-hybridized carbons (Fsp3) is 0.462. The Morgan fingerprint density at radius 3 is 2.78 bits per heavy atom. The normalized spacial score (nSPS) is 11.2. The molecule has 3 nitrogen and oxygen atoms in total. The molecule has 18 heavy (non-hydrogen) atoms. The molecular weight excluding hydrogens is 318 g/mol. The molecule has 1 N–H and O–H groups in total. The third-order valence-electron chi connectivity index (χ3n) is 2.61. The van der Waals surface area contributed by atoms with Crippen LogP contribution in [0.5, 0.6) is 5.75 Å². The number of carbonyl (C=O) groups is 1. The zero-order valence-electron chi connectivity index (χ0n) is 10.7. The van der Waals surface area contributed by atoms with Gasteiger partial charge in [0.1, 0.15) is 5.75 Å². The predicted molar refractivity (Wildman–Crippen MR) is 77.2 cm³/mol. The van der Waals surface area contributed by atoms with Gasteiger partial charge in [-0.1, -0.05) is 34.5 Å². The standard InChI is InChI=1S/C13H17BrClNO2/c1-4-13(2,3)16-12(17)8-18-11-7-9(14)5-6-10(11)15/h5-7H,4,8H2,1-3H3,(H,16,17). The van der Waals surface area contributed by atoms with Gasteiger partial charge in [0.25, 0.3) is 5.91 Å². The van der Waals surface area contributed by atoms with E-state index in [0.29, 0.717) is 10.8 Å². The number of halogens is 2. The lowest BCUT2D eigenvalue weighted by Gasteiger charge is -2.24. The number of hydrogen-bond donors (Lipinski definition) is 1. The van der Waals surface area contributed by atoms with Crippen molar-refractivity contribution in [3.8, 4) is 5.75 Å². The minimum Gasteiger partial charge on any atom is -0.482 e. The van der Waals surface area contributed by atoms with Gasteiger partial charge in [0.15, 0.2) is 6.61 Å². The van der Waals surface area contributed by atoms with E-state index in [0.717, 1.165) is 10.9 Å². The summed E-state index contributed by atoms with van der Waals surface area (Å²) in [6.07, 6.45) is 0.858. The SMILES string of the molecule is CCC(C)(C)NC(=O)COc1cc(Br)ccc1Cl. The van der Waals surface area contributed by atoms with Crippen LogP contribution in [-0.2, 0) is 4.79 Å². The van der Waals surface area contributed by atoms with Crippen molar-refractivity contribution >= 4 is 33.4 Å². The van der Waals surface area contributed by atoms with E-state index in [1.54, 1.807) is 12.1 Å². The Balaban J connectivity index is 2.55. The van der Waals surface area contributed by atoms with E-state index in [-0.39, 0.29) is 18.1 Å². The number of amides is 1. The molecule has 0 bridgehead atoms. The molecular formula is C13H17BrClNO2. The van der Waals surface area contributed by atoms with E-state index in [1.807, 2.05) is 26.8 Å². The molecule has 0 radical (unpaired) electrons. The lowest BCUT2D eigenvalue weighted by Crippen LogP contribution is -2.44. The molecule has 0 saturated heterocycles. The second-order valence-corrected chi connectivity index (χ2v) is 5.97. The number of benzene rings is 1. The molecule has 0 aliphatic rings. The first-order valence-corrected chi connectivity index (χ1v) is 6.90. The Hall–Kier alpha value is -0.740. The van der Waals surface area contributed by atoms with Gasteiger partial charge >= 0.3 is 0 Å². The number of rotatable bonds is 5. The Morgan fingerprint density at radius 1 is 1.50 bits per heavy atom. The highest BCUT2D eigenvalue weighted by molar-refractivity contribution is 9.10. The topological polar surface area (TPSA) is 38.3 Å². The summed E-state index contributed by atoms with van der Waals surface area (Å²) in [5.74, 6) is 0.341. The summed E-state index contributed by atoms with van der Waals surface area (Å²) in [6.45, 7) is 5.92. The van der Waals surface area contributed by atoms with Crippen LogP contribution in [0, 0.1) is 0 Å². The summed E-state index contributed by atoms with van der Waals surface area (Å²) in [6, 6.07) is 5.27. The molecule has 0 heterocycles. The first-order valence-electron chi connectivity index (χ1n) is 5.73. The van der Waals surface area contributed by atoms with Crippen LogP contribution in [0.4, 0.5) is 0 Å². The Bertz CT molecular complexity index is 435. The van der Waals surface area contributed by atoms with Crippen molar-refractivity contribution < 1.29 is 9.53 Å². The lowest BCUT2D eigenvalue weighted by atomic mass is 10.0. The van der Waals surface area contributed by atoms with Crippen LogP contribution >= 0.6 is 27.5 Å². The minimum atomic E-state index is -0.221. The average Bonchev–Trinajstić information content (AvgIpc) is 2.30. The predicted octanol–water partition coefficient (Wildman–Crippen LogP) is 3.79. The molecule has 0 aliphatic carbocycles. The Kier molecular flexibility index (Phi) is 5.47. The van der Waals surface area contributed by atoms with Crippen molar-refractivity contribution in [3.63, 3.8) is 0 Å². The first-order chi connectivity index (χ1) is 8.34. The van der Waals surface area contributed by atoms with E-state index in [4.69, 9.17) is 16.3 Å². The molecule has 0 unspecified atom stereocenters. The Morgan fingerprint density at radius 2 is 2.17 bits per heavy atom. The maximum atomic E-state index is 11.7. The average molecular weight is 335 g/mol. The van der Waals surface area contributed by atoms with Crippen LogP contribution < -0.4 is 10.1 Å². The molecule has 1 aromatic rings. The molecule has 1 amide bonds. The summed E-state index contributed by atoms with van der Waals surface area (Å²) in [7, 11) is 0. The lowest BCUT2D eigenvalue weighted by molar-refractivity contribution is -0.124. The van der Waals surface area contributed by atoms with Gasteiger partial charge in [-0.2, -0.15) is 0 Å². The van der Waals surface area contributed by atoms with E-state index in [2.05, 4.69) is 21.2 Å². The molecule has 0 fully saturated rings. The second kappa shape index (κ2) is 6.43. The van der Waals surface area contributed by atoms with E-state index < -0.39 is 0 Å². The van der Waals surface area contributed by atoms with Gasteiger partial charge in [0.05, 0.1) is 5.02 Å². The van der Waals surface area contributed by atoms with Gasteiger partial charge in [0.2, 0.25) is 0 Å². The van der Waals surface area contributed by atoms with Crippen molar-refractivity contribution in [2.45, 2.75) is 32.7 Å². The maximum absolute atomic E-state index is 11.7. The highest BCUT2D eigenvalue weighted by Crippen LogP contribution is 2.27.